The smallest absolute Gasteiger partial charge is 0.387 e. The highest BCUT2D eigenvalue weighted by Gasteiger charge is 2.52. The third kappa shape index (κ3) is 8.59. The lowest BCUT2D eigenvalue weighted by atomic mass is 10.0. The van der Waals surface area contributed by atoms with Crippen LogP contribution in [0.4, 0.5) is 5.82 Å². The van der Waals surface area contributed by atoms with Gasteiger partial charge in [0.2, 0.25) is 12.1 Å². The van der Waals surface area contributed by atoms with Gasteiger partial charge in [-0.2, -0.15) is 4.31 Å². The molecule has 12 atom stereocenters. The van der Waals surface area contributed by atoms with E-state index in [4.69, 9.17) is 30.0 Å². The summed E-state index contributed by atoms with van der Waals surface area (Å²) in [5, 5.41) is 42.0. The minimum absolute atomic E-state index is 0.00398. The van der Waals surface area contributed by atoms with Gasteiger partial charge in [-0.1, -0.05) is 0 Å². The lowest BCUT2D eigenvalue weighted by Crippen LogP contribution is -3.17. The molecule has 28 heteroatoms. The van der Waals surface area contributed by atoms with Crippen LogP contribution in [-0.4, -0.2) is 128 Å². The number of nitrogen functional groups attached to an aromatic ring is 1. The molecule has 2 aromatic rings. The molecular weight excluding hydrogens is 731 g/mol. The predicted octanol–water partition coefficient (Wildman–Crippen LogP) is -4.79. The third-order valence-electron chi connectivity index (χ3n) is 7.66. The Morgan fingerprint density at radius 1 is 0.959 bits per heavy atom. The Balaban J connectivity index is 1.20. The number of quaternary nitrogens is 1. The molecule has 0 spiro atoms. The summed E-state index contributed by atoms with van der Waals surface area (Å²) in [6.45, 7) is -2.09. The molecule has 5 rings (SSSR count). The molecule has 49 heavy (non-hydrogen) atoms. The van der Waals surface area contributed by atoms with Gasteiger partial charge in [-0.15, -0.1) is 0 Å². The summed E-state index contributed by atoms with van der Waals surface area (Å²) in [5.74, 6) is -0.839. The van der Waals surface area contributed by atoms with E-state index in [1.807, 2.05) is 0 Å². The number of hydrogen-bond acceptors (Lipinski definition) is 18. The van der Waals surface area contributed by atoms with Crippen LogP contribution in [0.1, 0.15) is 19.1 Å². The fourth-order valence-corrected chi connectivity index (χ4v) is 8.01. The molecule has 3 aliphatic heterocycles. The zero-order valence-electron chi connectivity index (χ0n) is 24.7. The molecule has 2 saturated heterocycles. The zero-order chi connectivity index (χ0) is 36.1. The first-order chi connectivity index (χ1) is 22.8. The van der Waals surface area contributed by atoms with Gasteiger partial charge in [0.25, 0.3) is 0 Å². The second kappa shape index (κ2) is 14.3. The maximum absolute atomic E-state index is 12.6. The monoisotopic (exact) mass is 764 g/mol. The van der Waals surface area contributed by atoms with Gasteiger partial charge in [-0.3, -0.25) is 27.8 Å². The number of ether oxygens (including phenoxy) is 2. The van der Waals surface area contributed by atoms with Gasteiger partial charge < -0.3 is 60.9 Å². The van der Waals surface area contributed by atoms with E-state index in [0.717, 1.165) is 17.2 Å². The highest BCUT2D eigenvalue weighted by molar-refractivity contribution is 7.61. The highest BCUT2D eigenvalue weighted by Crippen LogP contribution is 2.61. The van der Waals surface area contributed by atoms with Crippen LogP contribution in [0, 0.1) is 0 Å². The number of phosphoric ester groups is 3. The number of nitrogens with one attached hydrogen (secondary N) is 1. The van der Waals surface area contributed by atoms with Crippen molar-refractivity contribution in [2.75, 3.05) is 18.9 Å². The first kappa shape index (κ1) is 37.9. The Hall–Kier alpha value is -2.35. The van der Waals surface area contributed by atoms with E-state index >= 15 is 0 Å². The molecule has 0 bridgehead atoms. The van der Waals surface area contributed by atoms with Gasteiger partial charge in [-0.25, -0.2) is 28.6 Å². The second-order valence-electron chi connectivity index (χ2n) is 11.0. The Bertz CT molecular complexity index is 1720. The summed E-state index contributed by atoms with van der Waals surface area (Å²) < 4.78 is 67.2. The minimum Gasteiger partial charge on any atom is -0.387 e. The molecule has 5 heterocycles. The molecule has 0 saturated carbocycles. The second-order valence-corrected chi connectivity index (χ2v) is 15.2. The fourth-order valence-electron chi connectivity index (χ4n) is 5.38. The van der Waals surface area contributed by atoms with E-state index < -0.39 is 97.9 Å². The molecule has 2 aromatic heterocycles. The molecule has 0 radical (unpaired) electrons. The van der Waals surface area contributed by atoms with Crippen molar-refractivity contribution >= 4 is 46.4 Å². The van der Waals surface area contributed by atoms with Crippen LogP contribution in [-0.2, 0) is 45.8 Å². The molecular formula is C21H33N7O18P3+. The number of nitrogens with two attached hydrogens (primary N) is 2. The number of aliphatic hydroxyl groups is 4. The van der Waals surface area contributed by atoms with Crippen LogP contribution >= 0.6 is 23.5 Å². The standard InChI is InChI=1S/C21H32N7O18P3/c22-17-12-19(25-6-24-17)28(7-26-12)21-16(45-47(34,35)36)14(31)10(44-21)5-42-49(39,40)46-48(37,38)41-4-9-13(30)15(32)20(43-9)27-3-8(18(23)33)1-2-11(27)29/h3,6-7,9-11,13-16,20-21,29-32H,1-2,4-5H2,(H2,23,33)(H,37,38)(H,39,40)(H2,22,24,25)(H2,34,35,36)/p+1/t9-,10-,11+,13-,14-,15-,16-,20-,21-/m1/s1. The highest BCUT2D eigenvalue weighted by atomic mass is 31.3. The largest absolute Gasteiger partial charge is 0.481 e. The zero-order valence-corrected chi connectivity index (χ0v) is 27.4. The number of carbonyl (C=O) groups excluding carboxylic acids is 1. The average Bonchev–Trinajstić information content (AvgIpc) is 3.64. The Morgan fingerprint density at radius 2 is 1.59 bits per heavy atom. The number of imidazole rings is 1. The lowest BCUT2D eigenvalue weighted by Gasteiger charge is -2.31. The molecule has 3 unspecified atom stereocenters. The fraction of sp³-hybridized carbons (Fsp3) is 0.619. The number of primary amides is 1. The van der Waals surface area contributed by atoms with Gasteiger partial charge in [0.15, 0.2) is 30.0 Å². The summed E-state index contributed by atoms with van der Waals surface area (Å²) in [6.07, 6.45) is -11.1. The number of hydrogen-bond donors (Lipinski definition) is 11. The van der Waals surface area contributed by atoms with E-state index in [9.17, 15) is 58.5 Å². The molecule has 2 fully saturated rings. The summed E-state index contributed by atoms with van der Waals surface area (Å²) in [5.41, 5.74) is 11.2. The molecule has 274 valence electrons. The van der Waals surface area contributed by atoms with Crippen LogP contribution in [0.2, 0.25) is 0 Å². The Labute approximate surface area is 274 Å². The first-order valence-corrected chi connectivity index (χ1v) is 18.5. The molecule has 0 aliphatic carbocycles. The number of aromatic nitrogens is 4. The summed E-state index contributed by atoms with van der Waals surface area (Å²) in [6, 6.07) is 0. The number of aliphatic hydroxyl groups excluding tert-OH is 4. The van der Waals surface area contributed by atoms with E-state index in [2.05, 4.69) is 23.8 Å². The Morgan fingerprint density at radius 3 is 2.20 bits per heavy atom. The van der Waals surface area contributed by atoms with Crippen LogP contribution in [0.3, 0.4) is 0 Å². The van der Waals surface area contributed by atoms with Crippen LogP contribution < -0.4 is 16.4 Å². The van der Waals surface area contributed by atoms with Gasteiger partial charge >= 0.3 is 23.5 Å². The topological polar surface area (TPSA) is 386 Å². The van der Waals surface area contributed by atoms with Crippen molar-refractivity contribution in [3.63, 3.8) is 0 Å². The number of amides is 1. The first-order valence-electron chi connectivity index (χ1n) is 14.0. The Kier molecular flexibility index (Phi) is 11.1. The summed E-state index contributed by atoms with van der Waals surface area (Å²) in [7, 11) is -16.3. The minimum atomic E-state index is -5.55. The summed E-state index contributed by atoms with van der Waals surface area (Å²) >= 11 is 0. The van der Waals surface area contributed by atoms with Crippen molar-refractivity contribution in [3.8, 4) is 0 Å². The predicted molar refractivity (Wildman–Crippen MR) is 153 cm³/mol. The number of fused-ring (bicyclic) bond motifs is 1. The molecule has 1 amide bonds. The van der Waals surface area contributed by atoms with Gasteiger partial charge in [0, 0.05) is 6.42 Å². The SMILES string of the molecule is NC(=O)C1=C[NH+]([C@@H]2O[C@H](COP(=O)(O)OP(=O)(O)OC[C@H]3O[C@@H](n4cnc5c(N)ncnc54)[C@H](OP(=O)(O)O)[C@@H]3O)[C@@H](O)[C@H]2O)[C@@H](O)CC1. The van der Waals surface area contributed by atoms with Gasteiger partial charge in [0.05, 0.1) is 25.1 Å². The number of carbonyl (C=O) groups is 1. The van der Waals surface area contributed by atoms with Crippen molar-refractivity contribution in [2.45, 2.75) is 68.1 Å². The lowest BCUT2D eigenvalue weighted by molar-refractivity contribution is -0.950. The third-order valence-corrected chi connectivity index (χ3v) is 10.8. The van der Waals surface area contributed by atoms with E-state index in [0.29, 0.717) is 0 Å². The maximum atomic E-state index is 12.6. The van der Waals surface area contributed by atoms with E-state index in [1.54, 1.807) is 0 Å². The van der Waals surface area contributed by atoms with Crippen molar-refractivity contribution in [1.29, 1.82) is 0 Å². The van der Waals surface area contributed by atoms with Crippen molar-refractivity contribution < 1.29 is 90.7 Å². The van der Waals surface area contributed by atoms with Crippen LogP contribution in [0.5, 0.6) is 0 Å². The normalized spacial score (nSPS) is 34.8. The molecule has 0 aromatic carbocycles. The van der Waals surface area contributed by atoms with Gasteiger partial charge in [-0.05, 0) is 6.42 Å². The molecule has 13 N–H and O–H groups in total. The van der Waals surface area contributed by atoms with Crippen molar-refractivity contribution in [3.05, 3.63) is 24.4 Å². The quantitative estimate of drug-likeness (QED) is 0.0852. The molecule has 3 aliphatic rings. The molecule has 25 nitrogen and oxygen atoms in total. The number of nitrogens with zero attached hydrogens (tertiary/aromatic N) is 4. The van der Waals surface area contributed by atoms with Crippen molar-refractivity contribution in [2.24, 2.45) is 5.73 Å². The number of anilines is 1. The van der Waals surface area contributed by atoms with Crippen LogP contribution in [0.15, 0.2) is 24.4 Å². The maximum Gasteiger partial charge on any atom is 0.481 e. The van der Waals surface area contributed by atoms with E-state index in [-0.39, 0.29) is 40.3 Å². The van der Waals surface area contributed by atoms with Gasteiger partial charge in [0.1, 0.15) is 48.6 Å². The number of rotatable bonds is 13. The summed E-state index contributed by atoms with van der Waals surface area (Å²) in [4.78, 5) is 62.3. The van der Waals surface area contributed by atoms with Crippen molar-refractivity contribution in [1.82, 2.24) is 19.5 Å². The average molecular weight is 764 g/mol. The van der Waals surface area contributed by atoms with Crippen LogP contribution in [0.25, 0.3) is 11.2 Å². The number of phosphoric acid groups is 3. The van der Waals surface area contributed by atoms with E-state index in [1.165, 1.54) is 6.20 Å².